The molecule has 0 aliphatic carbocycles. The minimum Gasteiger partial charge on any atom is -0.481 e. The van der Waals surface area contributed by atoms with Crippen molar-refractivity contribution in [2.45, 2.75) is 13.3 Å². The first-order valence-electron chi connectivity index (χ1n) is 2.96. The van der Waals surface area contributed by atoms with Crippen LogP contribution in [0, 0.1) is 11.8 Å². The monoisotopic (exact) mass is 158 g/mol. The smallest absolute Gasteiger partial charge is 0.313 e. The zero-order valence-corrected chi connectivity index (χ0v) is 6.70. The lowest BCUT2D eigenvalue weighted by atomic mass is 10.5. The average molecular weight is 158 g/mol. The van der Waals surface area contributed by atoms with Gasteiger partial charge in [-0.3, -0.25) is 4.79 Å². The van der Waals surface area contributed by atoms with Crippen molar-refractivity contribution in [2.24, 2.45) is 0 Å². The second-order valence-electron chi connectivity index (χ2n) is 1.62. The minimum absolute atomic E-state index is 0.186. The molecule has 0 aliphatic heterocycles. The zero-order valence-electron chi connectivity index (χ0n) is 5.89. The molecule has 0 bridgehead atoms. The van der Waals surface area contributed by atoms with Gasteiger partial charge in [-0.2, -0.15) is 0 Å². The summed E-state index contributed by atoms with van der Waals surface area (Å²) in [6.07, 6.45) is 0.786. The maximum absolute atomic E-state index is 9.98. The summed E-state index contributed by atoms with van der Waals surface area (Å²) in [6, 6.07) is 0. The van der Waals surface area contributed by atoms with E-state index in [1.54, 1.807) is 6.92 Å². The Labute approximate surface area is 65.0 Å². The third kappa shape index (κ3) is 7.38. The van der Waals surface area contributed by atoms with E-state index in [0.717, 1.165) is 12.2 Å². The molecule has 0 aromatic carbocycles. The SMILES string of the molecule is CC#CCCSCC(=O)O. The Morgan fingerprint density at radius 3 is 2.90 bits per heavy atom. The fraction of sp³-hybridized carbons (Fsp3) is 0.571. The van der Waals surface area contributed by atoms with Gasteiger partial charge in [-0.15, -0.1) is 23.6 Å². The van der Waals surface area contributed by atoms with Crippen molar-refractivity contribution in [3.05, 3.63) is 0 Å². The molecule has 1 N–H and O–H groups in total. The van der Waals surface area contributed by atoms with Crippen LogP contribution in [-0.2, 0) is 4.79 Å². The molecule has 0 rings (SSSR count). The normalized spacial score (nSPS) is 8.10. The van der Waals surface area contributed by atoms with Crippen molar-refractivity contribution in [3.63, 3.8) is 0 Å². The van der Waals surface area contributed by atoms with Gasteiger partial charge in [0, 0.05) is 12.2 Å². The Kier molecular flexibility index (Phi) is 6.10. The van der Waals surface area contributed by atoms with Crippen LogP contribution in [0.15, 0.2) is 0 Å². The highest BCUT2D eigenvalue weighted by atomic mass is 32.2. The van der Waals surface area contributed by atoms with Gasteiger partial charge >= 0.3 is 5.97 Å². The van der Waals surface area contributed by atoms with Crippen LogP contribution in [0.2, 0.25) is 0 Å². The van der Waals surface area contributed by atoms with Crippen LogP contribution in [0.1, 0.15) is 13.3 Å². The fourth-order valence-electron chi connectivity index (χ4n) is 0.408. The van der Waals surface area contributed by atoms with Crippen LogP contribution in [0.25, 0.3) is 0 Å². The van der Waals surface area contributed by atoms with E-state index in [2.05, 4.69) is 11.8 Å². The molecular formula is C7H10O2S. The van der Waals surface area contributed by atoms with Crippen LogP contribution in [0.3, 0.4) is 0 Å². The first-order valence-corrected chi connectivity index (χ1v) is 4.12. The highest BCUT2D eigenvalue weighted by molar-refractivity contribution is 7.99. The summed E-state index contributed by atoms with van der Waals surface area (Å²) in [6.45, 7) is 1.78. The standard InChI is InChI=1S/C7H10O2S/c1-2-3-4-5-10-6-7(8)9/h4-6H2,1H3,(H,8,9). The number of aliphatic carboxylic acids is 1. The van der Waals surface area contributed by atoms with Crippen molar-refractivity contribution in [1.29, 1.82) is 0 Å². The number of rotatable bonds is 4. The second-order valence-corrected chi connectivity index (χ2v) is 2.73. The number of carboxylic acid groups (broad SMARTS) is 1. The van der Waals surface area contributed by atoms with Crippen molar-refractivity contribution < 1.29 is 9.90 Å². The van der Waals surface area contributed by atoms with E-state index in [-0.39, 0.29) is 5.75 Å². The van der Waals surface area contributed by atoms with E-state index in [1.165, 1.54) is 11.8 Å². The van der Waals surface area contributed by atoms with Gasteiger partial charge in [-0.25, -0.2) is 0 Å². The van der Waals surface area contributed by atoms with Crippen LogP contribution in [-0.4, -0.2) is 22.6 Å². The van der Waals surface area contributed by atoms with Crippen molar-refractivity contribution in [2.75, 3.05) is 11.5 Å². The number of carbonyl (C=O) groups is 1. The average Bonchev–Trinajstić information content (AvgIpc) is 1.87. The predicted octanol–water partition coefficient (Wildman–Crippen LogP) is 1.22. The molecule has 0 atom stereocenters. The number of hydrogen-bond acceptors (Lipinski definition) is 2. The van der Waals surface area contributed by atoms with Gasteiger partial charge in [-0.05, 0) is 6.92 Å². The molecular weight excluding hydrogens is 148 g/mol. The lowest BCUT2D eigenvalue weighted by molar-refractivity contribution is -0.133. The molecule has 0 aromatic rings. The molecule has 56 valence electrons. The first kappa shape index (κ1) is 9.38. The van der Waals surface area contributed by atoms with E-state index in [4.69, 9.17) is 5.11 Å². The number of carboxylic acids is 1. The molecule has 0 unspecified atom stereocenters. The van der Waals surface area contributed by atoms with E-state index in [0.29, 0.717) is 0 Å². The summed E-state index contributed by atoms with van der Waals surface area (Å²) in [5, 5.41) is 8.21. The Hall–Kier alpha value is -0.620. The maximum Gasteiger partial charge on any atom is 0.313 e. The maximum atomic E-state index is 9.98. The van der Waals surface area contributed by atoms with Gasteiger partial charge in [0.15, 0.2) is 0 Å². The second kappa shape index (κ2) is 6.50. The highest BCUT2D eigenvalue weighted by Gasteiger charge is 1.93. The fourth-order valence-corrected chi connectivity index (χ4v) is 0.973. The molecule has 2 nitrogen and oxygen atoms in total. The Balaban J connectivity index is 3.03. The molecule has 0 heterocycles. The number of thioether (sulfide) groups is 1. The van der Waals surface area contributed by atoms with E-state index in [1.807, 2.05) is 0 Å². The van der Waals surface area contributed by atoms with Crippen LogP contribution >= 0.6 is 11.8 Å². The minimum atomic E-state index is -0.755. The van der Waals surface area contributed by atoms with Gasteiger partial charge in [-0.1, -0.05) is 0 Å². The first-order chi connectivity index (χ1) is 4.77. The van der Waals surface area contributed by atoms with Crippen molar-refractivity contribution in [1.82, 2.24) is 0 Å². The topological polar surface area (TPSA) is 37.3 Å². The van der Waals surface area contributed by atoms with E-state index in [9.17, 15) is 4.79 Å². The Morgan fingerprint density at radius 2 is 2.40 bits per heavy atom. The molecule has 0 fully saturated rings. The Morgan fingerprint density at radius 1 is 1.70 bits per heavy atom. The highest BCUT2D eigenvalue weighted by Crippen LogP contribution is 2.00. The van der Waals surface area contributed by atoms with Gasteiger partial charge in [0.25, 0.3) is 0 Å². The van der Waals surface area contributed by atoms with Gasteiger partial charge in [0.05, 0.1) is 5.75 Å². The van der Waals surface area contributed by atoms with Crippen LogP contribution in [0.5, 0.6) is 0 Å². The summed E-state index contributed by atoms with van der Waals surface area (Å²) in [7, 11) is 0. The quantitative estimate of drug-likeness (QED) is 0.493. The van der Waals surface area contributed by atoms with Gasteiger partial charge < -0.3 is 5.11 Å². The third-order valence-corrected chi connectivity index (χ3v) is 1.72. The molecule has 0 saturated carbocycles. The van der Waals surface area contributed by atoms with Crippen LogP contribution in [0.4, 0.5) is 0 Å². The van der Waals surface area contributed by atoms with E-state index < -0.39 is 5.97 Å². The van der Waals surface area contributed by atoms with Gasteiger partial charge in [0.2, 0.25) is 0 Å². The summed E-state index contributed by atoms with van der Waals surface area (Å²) >= 11 is 1.40. The summed E-state index contributed by atoms with van der Waals surface area (Å²) in [5.74, 6) is 5.85. The molecule has 0 radical (unpaired) electrons. The van der Waals surface area contributed by atoms with Crippen LogP contribution < -0.4 is 0 Å². The lowest BCUT2D eigenvalue weighted by Crippen LogP contribution is -1.98. The molecule has 0 spiro atoms. The summed E-state index contributed by atoms with van der Waals surface area (Å²) < 4.78 is 0. The molecule has 3 heteroatoms. The summed E-state index contributed by atoms with van der Waals surface area (Å²) in [4.78, 5) is 9.98. The Bertz CT molecular complexity index is 155. The molecule has 10 heavy (non-hydrogen) atoms. The number of hydrogen-bond donors (Lipinski definition) is 1. The van der Waals surface area contributed by atoms with E-state index >= 15 is 0 Å². The molecule has 0 aliphatic rings. The largest absolute Gasteiger partial charge is 0.481 e. The lowest BCUT2D eigenvalue weighted by Gasteiger charge is -1.90. The van der Waals surface area contributed by atoms with Crippen molar-refractivity contribution in [3.8, 4) is 11.8 Å². The predicted molar refractivity (Wildman–Crippen MR) is 43.0 cm³/mol. The third-order valence-electron chi connectivity index (χ3n) is 0.774. The molecule has 0 amide bonds. The molecule has 0 aromatic heterocycles. The van der Waals surface area contributed by atoms with Crippen molar-refractivity contribution >= 4 is 17.7 Å². The summed E-state index contributed by atoms with van der Waals surface area (Å²) in [5.41, 5.74) is 0. The van der Waals surface area contributed by atoms with Gasteiger partial charge in [0.1, 0.15) is 0 Å². The zero-order chi connectivity index (χ0) is 7.82. The molecule has 0 saturated heterocycles.